The fourth-order valence-corrected chi connectivity index (χ4v) is 5.04. The van der Waals surface area contributed by atoms with Gasteiger partial charge in [0.2, 0.25) is 5.12 Å². The first-order valence-corrected chi connectivity index (χ1v) is 11.6. The SMILES string of the molecule is O=C(O)C[C@@H]1N=C(Nc2ccc(CCNc3nc4cc(Cl)c(Cl)cc4s3)cc2)SC1=O. The number of fused-ring (bicyclic) bond motifs is 1. The zero-order valence-electron chi connectivity index (χ0n) is 15.9. The van der Waals surface area contributed by atoms with Gasteiger partial charge in [-0.15, -0.1) is 0 Å². The Kier molecular flexibility index (Phi) is 6.66. The van der Waals surface area contributed by atoms with Gasteiger partial charge in [-0.1, -0.05) is 46.7 Å². The molecule has 1 aromatic heterocycles. The number of hydrogen-bond acceptors (Lipinski definition) is 8. The number of rotatable bonds is 7. The van der Waals surface area contributed by atoms with Crippen LogP contribution in [-0.2, 0) is 16.0 Å². The molecule has 3 aromatic rings. The van der Waals surface area contributed by atoms with Crippen LogP contribution in [0.15, 0.2) is 41.4 Å². The Hall–Kier alpha value is -2.33. The molecule has 2 aromatic carbocycles. The number of nitrogens with one attached hydrogen (secondary N) is 2. The van der Waals surface area contributed by atoms with E-state index in [1.54, 1.807) is 6.07 Å². The summed E-state index contributed by atoms with van der Waals surface area (Å²) in [5, 5.41) is 17.2. The molecule has 0 amide bonds. The normalized spacial score (nSPS) is 15.9. The summed E-state index contributed by atoms with van der Waals surface area (Å²) in [6.07, 6.45) is 0.504. The van der Waals surface area contributed by atoms with Gasteiger partial charge < -0.3 is 15.7 Å². The van der Waals surface area contributed by atoms with Crippen molar-refractivity contribution in [3.05, 3.63) is 52.0 Å². The van der Waals surface area contributed by atoms with E-state index < -0.39 is 12.0 Å². The lowest BCUT2D eigenvalue weighted by molar-refractivity contribution is -0.138. The maximum absolute atomic E-state index is 11.8. The molecule has 1 aliphatic rings. The van der Waals surface area contributed by atoms with Crippen LogP contribution in [0.4, 0.5) is 10.8 Å². The second kappa shape index (κ2) is 9.44. The van der Waals surface area contributed by atoms with E-state index in [0.717, 1.165) is 44.8 Å². The summed E-state index contributed by atoms with van der Waals surface area (Å²) < 4.78 is 0.976. The minimum absolute atomic E-state index is 0.257. The van der Waals surface area contributed by atoms with Gasteiger partial charge in [-0.25, -0.2) is 9.98 Å². The predicted molar refractivity (Wildman–Crippen MR) is 128 cm³/mol. The van der Waals surface area contributed by atoms with Crippen LogP contribution in [0, 0.1) is 0 Å². The minimum Gasteiger partial charge on any atom is -0.481 e. The molecule has 1 aliphatic heterocycles. The number of hydrogen-bond donors (Lipinski definition) is 3. The number of anilines is 2. The van der Waals surface area contributed by atoms with Gasteiger partial charge in [-0.3, -0.25) is 9.59 Å². The maximum Gasteiger partial charge on any atom is 0.306 e. The standard InChI is InChI=1S/C20H16Cl2N4O3S2/c21-12-7-14-16(8-13(12)22)30-19(25-14)23-6-5-10-1-3-11(4-2-10)24-20-26-15(9-17(27)28)18(29)31-20/h1-4,7-8,15H,5-6,9H2,(H,23,25)(H,24,26)(H,27,28)/t15-/m0/s1. The van der Waals surface area contributed by atoms with Crippen molar-refractivity contribution in [1.29, 1.82) is 0 Å². The molecule has 0 unspecified atom stereocenters. The summed E-state index contributed by atoms with van der Waals surface area (Å²) >= 11 is 14.6. The Balaban J connectivity index is 1.30. The lowest BCUT2D eigenvalue weighted by Gasteiger charge is -2.07. The third-order valence-electron chi connectivity index (χ3n) is 4.44. The average molecular weight is 495 g/mol. The van der Waals surface area contributed by atoms with E-state index in [-0.39, 0.29) is 11.5 Å². The number of aromatic nitrogens is 1. The third-order valence-corrected chi connectivity index (χ3v) is 7.01. The van der Waals surface area contributed by atoms with Gasteiger partial charge in [0, 0.05) is 12.2 Å². The van der Waals surface area contributed by atoms with Gasteiger partial charge in [-0.2, -0.15) is 0 Å². The molecular weight excluding hydrogens is 479 g/mol. The van der Waals surface area contributed by atoms with Crippen LogP contribution in [0.2, 0.25) is 10.0 Å². The number of thiazole rings is 1. The third kappa shape index (κ3) is 5.48. The Labute approximate surface area is 195 Å². The molecular formula is C20H16Cl2N4O3S2. The number of carboxylic acids is 1. The zero-order chi connectivity index (χ0) is 22.0. The molecule has 160 valence electrons. The number of nitrogens with zero attached hydrogens (tertiary/aromatic N) is 2. The summed E-state index contributed by atoms with van der Waals surface area (Å²) in [6.45, 7) is 0.710. The highest BCUT2D eigenvalue weighted by Gasteiger charge is 2.29. The van der Waals surface area contributed by atoms with E-state index in [1.807, 2.05) is 30.3 Å². The lowest BCUT2D eigenvalue weighted by atomic mass is 10.1. The van der Waals surface area contributed by atoms with Crippen molar-refractivity contribution >= 4 is 83.6 Å². The molecule has 0 aliphatic carbocycles. The van der Waals surface area contributed by atoms with Crippen LogP contribution < -0.4 is 10.6 Å². The number of carboxylic acid groups (broad SMARTS) is 1. The van der Waals surface area contributed by atoms with Gasteiger partial charge in [-0.05, 0) is 48.0 Å². The molecule has 0 saturated carbocycles. The van der Waals surface area contributed by atoms with E-state index in [1.165, 1.54) is 11.3 Å². The molecule has 1 atom stereocenters. The molecule has 0 fully saturated rings. The summed E-state index contributed by atoms with van der Waals surface area (Å²) in [4.78, 5) is 31.3. The molecule has 2 heterocycles. The van der Waals surface area contributed by atoms with Crippen LogP contribution in [0.1, 0.15) is 12.0 Å². The number of halogens is 2. The smallest absolute Gasteiger partial charge is 0.306 e. The van der Waals surface area contributed by atoms with E-state index in [4.69, 9.17) is 28.3 Å². The van der Waals surface area contributed by atoms with Gasteiger partial charge >= 0.3 is 5.97 Å². The summed E-state index contributed by atoms with van der Waals surface area (Å²) in [5.74, 6) is -1.04. The van der Waals surface area contributed by atoms with Gasteiger partial charge in [0.15, 0.2) is 10.3 Å². The Morgan fingerprint density at radius 1 is 1.16 bits per heavy atom. The Bertz CT molecular complexity index is 1140. The van der Waals surface area contributed by atoms with Crippen LogP contribution in [-0.4, -0.2) is 38.9 Å². The monoisotopic (exact) mass is 494 g/mol. The largest absolute Gasteiger partial charge is 0.481 e. The van der Waals surface area contributed by atoms with E-state index in [2.05, 4.69) is 20.6 Å². The van der Waals surface area contributed by atoms with Gasteiger partial charge in [0.25, 0.3) is 0 Å². The van der Waals surface area contributed by atoms with Gasteiger partial charge in [0.1, 0.15) is 6.04 Å². The molecule has 7 nitrogen and oxygen atoms in total. The summed E-state index contributed by atoms with van der Waals surface area (Å²) in [7, 11) is 0. The van der Waals surface area contributed by atoms with E-state index in [0.29, 0.717) is 21.8 Å². The fourth-order valence-electron chi connectivity index (χ4n) is 2.93. The number of thioether (sulfide) groups is 1. The molecule has 0 spiro atoms. The molecule has 3 N–H and O–H groups in total. The minimum atomic E-state index is -1.04. The van der Waals surface area contributed by atoms with E-state index in [9.17, 15) is 9.59 Å². The van der Waals surface area contributed by atoms with Crippen molar-refractivity contribution in [2.24, 2.45) is 4.99 Å². The number of carbonyl (C=O) groups excluding carboxylic acids is 1. The van der Waals surface area contributed by atoms with Crippen molar-refractivity contribution in [3.8, 4) is 0 Å². The number of aliphatic carboxylic acids is 1. The first-order valence-electron chi connectivity index (χ1n) is 9.24. The molecule has 11 heteroatoms. The highest BCUT2D eigenvalue weighted by molar-refractivity contribution is 8.27. The van der Waals surface area contributed by atoms with Crippen molar-refractivity contribution < 1.29 is 14.7 Å². The fraction of sp³-hybridized carbons (Fsp3) is 0.200. The molecule has 4 rings (SSSR count). The van der Waals surface area contributed by atoms with Crippen LogP contribution in [0.3, 0.4) is 0 Å². The van der Waals surface area contributed by atoms with Crippen molar-refractivity contribution in [2.45, 2.75) is 18.9 Å². The number of aliphatic imine (C=N–C) groups is 1. The molecule has 0 bridgehead atoms. The summed E-state index contributed by atoms with van der Waals surface area (Å²) in [6, 6.07) is 10.5. The van der Waals surface area contributed by atoms with Crippen molar-refractivity contribution in [1.82, 2.24) is 4.98 Å². The molecule has 0 radical (unpaired) electrons. The number of amidine groups is 1. The van der Waals surface area contributed by atoms with Gasteiger partial charge in [0.05, 0.1) is 26.7 Å². The van der Waals surface area contributed by atoms with Crippen molar-refractivity contribution in [3.63, 3.8) is 0 Å². The number of carbonyl (C=O) groups is 2. The zero-order valence-corrected chi connectivity index (χ0v) is 19.0. The first kappa shape index (κ1) is 21.9. The number of benzene rings is 2. The van der Waals surface area contributed by atoms with Crippen LogP contribution >= 0.6 is 46.3 Å². The molecule has 31 heavy (non-hydrogen) atoms. The highest BCUT2D eigenvalue weighted by atomic mass is 35.5. The topological polar surface area (TPSA) is 104 Å². The lowest BCUT2D eigenvalue weighted by Crippen LogP contribution is -2.15. The van der Waals surface area contributed by atoms with Crippen molar-refractivity contribution in [2.75, 3.05) is 17.2 Å². The quantitative estimate of drug-likeness (QED) is 0.417. The van der Waals surface area contributed by atoms with E-state index >= 15 is 0 Å². The molecule has 0 saturated heterocycles. The Morgan fingerprint density at radius 2 is 1.90 bits per heavy atom. The summed E-state index contributed by atoms with van der Waals surface area (Å²) in [5.41, 5.74) is 2.73. The van der Waals surface area contributed by atoms with Crippen LogP contribution in [0.5, 0.6) is 0 Å². The second-order valence-electron chi connectivity index (χ2n) is 6.72. The first-order chi connectivity index (χ1) is 14.9. The van der Waals surface area contributed by atoms with Crippen LogP contribution in [0.25, 0.3) is 10.2 Å². The predicted octanol–water partition coefficient (Wildman–Crippen LogP) is 5.14. The highest BCUT2D eigenvalue weighted by Crippen LogP contribution is 2.33. The average Bonchev–Trinajstić information content (AvgIpc) is 3.25. The second-order valence-corrected chi connectivity index (χ2v) is 9.56. The Morgan fingerprint density at radius 3 is 2.65 bits per heavy atom. The maximum atomic E-state index is 11.8.